The van der Waals surface area contributed by atoms with Crippen LogP contribution in [-0.4, -0.2) is 0 Å². The van der Waals surface area contributed by atoms with E-state index in [1.54, 1.807) is 12.1 Å². The van der Waals surface area contributed by atoms with Crippen LogP contribution in [-0.2, 0) is 0 Å². The lowest BCUT2D eigenvalue weighted by Crippen LogP contribution is -2.04. The van der Waals surface area contributed by atoms with Gasteiger partial charge in [-0.05, 0) is 40.5 Å². The van der Waals surface area contributed by atoms with Crippen molar-refractivity contribution in [3.05, 3.63) is 34.1 Å². The highest BCUT2D eigenvalue weighted by Gasteiger charge is 2.02. The summed E-state index contributed by atoms with van der Waals surface area (Å²) in [5, 5.41) is 0. The van der Waals surface area contributed by atoms with Gasteiger partial charge in [0.1, 0.15) is 5.82 Å². The number of halogens is 2. The number of hydrogen-bond acceptors (Lipinski definition) is 1. The summed E-state index contributed by atoms with van der Waals surface area (Å²) in [4.78, 5) is 0. The molecule has 3 heteroatoms. The highest BCUT2D eigenvalue weighted by atomic mass is 79.9. The molecule has 0 bridgehead atoms. The summed E-state index contributed by atoms with van der Waals surface area (Å²) < 4.78 is 13.1. The van der Waals surface area contributed by atoms with Gasteiger partial charge >= 0.3 is 0 Å². The Hall–Kier alpha value is -0.410. The molecule has 0 fully saturated rings. The molecule has 0 aliphatic carbocycles. The molecule has 1 aromatic rings. The van der Waals surface area contributed by atoms with Crippen molar-refractivity contribution in [3.8, 4) is 0 Å². The zero-order valence-electron chi connectivity index (χ0n) is 6.14. The minimum Gasteiger partial charge on any atom is -0.324 e. The van der Waals surface area contributed by atoms with Crippen molar-refractivity contribution < 1.29 is 4.39 Å². The van der Waals surface area contributed by atoms with E-state index in [4.69, 9.17) is 5.73 Å². The van der Waals surface area contributed by atoms with Gasteiger partial charge in [-0.2, -0.15) is 0 Å². The first-order valence-corrected chi connectivity index (χ1v) is 4.11. The van der Waals surface area contributed by atoms with Gasteiger partial charge in [-0.25, -0.2) is 4.39 Å². The summed E-state index contributed by atoms with van der Waals surface area (Å²) in [5.74, 6) is -0.255. The molecule has 1 rings (SSSR count). The Labute approximate surface area is 73.5 Å². The molecule has 0 aliphatic heterocycles. The van der Waals surface area contributed by atoms with Gasteiger partial charge in [0.15, 0.2) is 0 Å². The molecule has 0 amide bonds. The predicted octanol–water partition coefficient (Wildman–Crippen LogP) is 2.61. The Balaban J connectivity index is 3.05. The number of benzene rings is 1. The molecule has 0 heterocycles. The Morgan fingerprint density at radius 2 is 2.18 bits per heavy atom. The lowest BCUT2D eigenvalue weighted by molar-refractivity contribution is 0.619. The van der Waals surface area contributed by atoms with E-state index < -0.39 is 0 Å². The van der Waals surface area contributed by atoms with Crippen LogP contribution in [0.2, 0.25) is 0 Å². The average molecular weight is 218 g/mol. The highest BCUT2D eigenvalue weighted by molar-refractivity contribution is 9.10. The van der Waals surface area contributed by atoms with Crippen molar-refractivity contribution >= 4 is 15.9 Å². The SMILES string of the molecule is CC(N)c1ccc(F)c(Br)c1. The van der Waals surface area contributed by atoms with Gasteiger partial charge in [-0.3, -0.25) is 0 Å². The Bertz CT molecular complexity index is 260. The zero-order valence-corrected chi connectivity index (χ0v) is 7.73. The third kappa shape index (κ3) is 2.01. The highest BCUT2D eigenvalue weighted by Crippen LogP contribution is 2.19. The fraction of sp³-hybridized carbons (Fsp3) is 0.250. The maximum atomic E-state index is 12.7. The van der Waals surface area contributed by atoms with Crippen LogP contribution in [0.15, 0.2) is 22.7 Å². The minimum atomic E-state index is -0.255. The second kappa shape index (κ2) is 3.32. The fourth-order valence-electron chi connectivity index (χ4n) is 0.796. The lowest BCUT2D eigenvalue weighted by atomic mass is 10.1. The Morgan fingerprint density at radius 1 is 1.55 bits per heavy atom. The largest absolute Gasteiger partial charge is 0.324 e. The molecule has 1 aromatic carbocycles. The lowest BCUT2D eigenvalue weighted by Gasteiger charge is -2.05. The molecule has 0 saturated carbocycles. The van der Waals surface area contributed by atoms with E-state index in [1.807, 2.05) is 6.92 Å². The van der Waals surface area contributed by atoms with Crippen molar-refractivity contribution in [1.82, 2.24) is 0 Å². The van der Waals surface area contributed by atoms with Gasteiger partial charge in [0.25, 0.3) is 0 Å². The van der Waals surface area contributed by atoms with Gasteiger partial charge < -0.3 is 5.73 Å². The second-order valence-corrected chi connectivity index (χ2v) is 3.32. The molecular formula is C8H9BrFN. The molecule has 0 radical (unpaired) electrons. The van der Waals surface area contributed by atoms with Crippen LogP contribution in [0, 0.1) is 5.82 Å². The van der Waals surface area contributed by atoms with Gasteiger partial charge in [0.05, 0.1) is 4.47 Å². The summed E-state index contributed by atoms with van der Waals surface area (Å²) >= 11 is 3.08. The van der Waals surface area contributed by atoms with Crippen molar-refractivity contribution in [1.29, 1.82) is 0 Å². The van der Waals surface area contributed by atoms with E-state index in [2.05, 4.69) is 15.9 Å². The summed E-state index contributed by atoms with van der Waals surface area (Å²) in [6, 6.07) is 4.74. The molecule has 0 spiro atoms. The van der Waals surface area contributed by atoms with E-state index in [9.17, 15) is 4.39 Å². The van der Waals surface area contributed by atoms with Crippen LogP contribution >= 0.6 is 15.9 Å². The maximum absolute atomic E-state index is 12.7. The summed E-state index contributed by atoms with van der Waals surface area (Å²) in [7, 11) is 0. The molecule has 11 heavy (non-hydrogen) atoms. The van der Waals surface area contributed by atoms with E-state index in [0.717, 1.165) is 5.56 Å². The quantitative estimate of drug-likeness (QED) is 0.770. The van der Waals surface area contributed by atoms with Crippen molar-refractivity contribution in [2.75, 3.05) is 0 Å². The minimum absolute atomic E-state index is 0.0492. The molecule has 1 nitrogen and oxygen atoms in total. The smallest absolute Gasteiger partial charge is 0.137 e. The van der Waals surface area contributed by atoms with E-state index in [-0.39, 0.29) is 11.9 Å². The molecule has 1 atom stereocenters. The van der Waals surface area contributed by atoms with Crippen LogP contribution in [0.25, 0.3) is 0 Å². The van der Waals surface area contributed by atoms with Crippen LogP contribution in [0.5, 0.6) is 0 Å². The summed E-state index contributed by atoms with van der Waals surface area (Å²) in [5.41, 5.74) is 6.52. The van der Waals surface area contributed by atoms with Gasteiger partial charge in [-0.15, -0.1) is 0 Å². The van der Waals surface area contributed by atoms with E-state index >= 15 is 0 Å². The third-order valence-electron chi connectivity index (χ3n) is 1.47. The average Bonchev–Trinajstić information content (AvgIpc) is 1.94. The van der Waals surface area contributed by atoms with Gasteiger partial charge in [0.2, 0.25) is 0 Å². The predicted molar refractivity (Wildman–Crippen MR) is 46.7 cm³/mol. The molecule has 60 valence electrons. The molecular weight excluding hydrogens is 209 g/mol. The number of rotatable bonds is 1. The van der Waals surface area contributed by atoms with Crippen molar-refractivity contribution in [2.45, 2.75) is 13.0 Å². The third-order valence-corrected chi connectivity index (χ3v) is 2.08. The first-order chi connectivity index (χ1) is 5.11. The second-order valence-electron chi connectivity index (χ2n) is 2.46. The zero-order chi connectivity index (χ0) is 8.43. The van der Waals surface area contributed by atoms with E-state index in [1.165, 1.54) is 6.07 Å². The van der Waals surface area contributed by atoms with Gasteiger partial charge in [-0.1, -0.05) is 6.07 Å². The van der Waals surface area contributed by atoms with Crippen LogP contribution in [0.3, 0.4) is 0 Å². The molecule has 0 saturated heterocycles. The first kappa shape index (κ1) is 8.68. The van der Waals surface area contributed by atoms with Crippen molar-refractivity contribution in [2.24, 2.45) is 5.73 Å². The molecule has 0 aliphatic rings. The van der Waals surface area contributed by atoms with Crippen LogP contribution < -0.4 is 5.73 Å². The first-order valence-electron chi connectivity index (χ1n) is 3.32. The van der Waals surface area contributed by atoms with Gasteiger partial charge in [0, 0.05) is 6.04 Å². The molecule has 2 N–H and O–H groups in total. The van der Waals surface area contributed by atoms with E-state index in [0.29, 0.717) is 4.47 Å². The fourth-order valence-corrected chi connectivity index (χ4v) is 1.19. The number of nitrogens with two attached hydrogens (primary N) is 1. The topological polar surface area (TPSA) is 26.0 Å². The maximum Gasteiger partial charge on any atom is 0.137 e. The number of hydrogen-bond donors (Lipinski definition) is 1. The normalized spacial score (nSPS) is 13.1. The Morgan fingerprint density at radius 3 is 2.64 bits per heavy atom. The van der Waals surface area contributed by atoms with Crippen LogP contribution in [0.4, 0.5) is 4.39 Å². The van der Waals surface area contributed by atoms with Crippen molar-refractivity contribution in [3.63, 3.8) is 0 Å². The Kier molecular flexibility index (Phi) is 2.62. The summed E-state index contributed by atoms with van der Waals surface area (Å²) in [6.45, 7) is 1.86. The molecule has 1 unspecified atom stereocenters. The monoisotopic (exact) mass is 217 g/mol. The van der Waals surface area contributed by atoms with Crippen LogP contribution in [0.1, 0.15) is 18.5 Å². The standard InChI is InChI=1S/C8H9BrFN/c1-5(11)6-2-3-8(10)7(9)4-6/h2-5H,11H2,1H3. The molecule has 0 aromatic heterocycles. The summed E-state index contributed by atoms with van der Waals surface area (Å²) in [6.07, 6.45) is 0.